The second-order valence-electron chi connectivity index (χ2n) is 26.9. The largest absolute Gasteiger partial charge is 0.337 e. The monoisotopic (exact) mass is 1120 g/mol. The van der Waals surface area contributed by atoms with Gasteiger partial charge in [-0.25, -0.2) is 0 Å². The molecule has 4 aliphatic rings. The zero-order chi connectivity index (χ0) is 58.9. The van der Waals surface area contributed by atoms with E-state index in [4.69, 9.17) is 0 Å². The predicted molar refractivity (Wildman–Crippen MR) is 380 cm³/mol. The molecule has 0 aliphatic carbocycles. The molecule has 2 nitrogen and oxygen atoms in total. The lowest BCUT2D eigenvalue weighted by molar-refractivity contribution is 0.561. The van der Waals surface area contributed by atoms with Crippen LogP contribution < -0.4 is 42.6 Å². The molecule has 4 aliphatic heterocycles. The maximum atomic E-state index is 2.71. The van der Waals surface area contributed by atoms with Crippen molar-refractivity contribution in [3.63, 3.8) is 0 Å². The molecule has 18 rings (SSSR count). The molecule has 0 unspecified atom stereocenters. The highest BCUT2D eigenvalue weighted by Crippen LogP contribution is 2.55. The molecular weight excluding hydrogens is 1060 g/mol. The van der Waals surface area contributed by atoms with Crippen LogP contribution in [0.1, 0.15) is 41.5 Å². The number of benzene rings is 14. The minimum atomic E-state index is -0.218. The van der Waals surface area contributed by atoms with Crippen molar-refractivity contribution in [1.29, 1.82) is 0 Å². The van der Waals surface area contributed by atoms with Crippen LogP contribution in [0.5, 0.6) is 0 Å². The van der Waals surface area contributed by atoms with E-state index in [2.05, 4.69) is 318 Å². The highest BCUT2D eigenvalue weighted by molar-refractivity contribution is 7.02. The zero-order valence-electron chi connectivity index (χ0n) is 50.5. The highest BCUT2D eigenvalue weighted by Gasteiger charge is 2.47. The van der Waals surface area contributed by atoms with E-state index in [0.717, 1.165) is 0 Å². The van der Waals surface area contributed by atoms with Crippen LogP contribution in [0.25, 0.3) is 121 Å². The van der Waals surface area contributed by atoms with Gasteiger partial charge in [-0.15, -0.1) is 0 Å². The Balaban J connectivity index is 1.11. The molecule has 0 aromatic heterocycles. The Bertz CT molecular complexity index is 4790. The smallest absolute Gasteiger partial charge is 0.248 e. The van der Waals surface area contributed by atoms with E-state index in [9.17, 15) is 0 Å². The quantitative estimate of drug-likeness (QED) is 0.121. The Morgan fingerprint density at radius 3 is 0.875 bits per heavy atom. The van der Waals surface area contributed by atoms with Crippen molar-refractivity contribution in [2.24, 2.45) is 0 Å². The van der Waals surface area contributed by atoms with Crippen LogP contribution in [0.2, 0.25) is 0 Å². The summed E-state index contributed by atoms with van der Waals surface area (Å²) in [7, 11) is 0. The Morgan fingerprint density at radius 1 is 0.239 bits per heavy atom. The number of hydrogen-bond acceptors (Lipinski definition) is 2. The summed E-state index contributed by atoms with van der Waals surface area (Å²) < 4.78 is 0. The van der Waals surface area contributed by atoms with Crippen LogP contribution in [0.15, 0.2) is 267 Å². The second-order valence-corrected chi connectivity index (χ2v) is 26.9. The van der Waals surface area contributed by atoms with Crippen LogP contribution in [0.3, 0.4) is 0 Å². The van der Waals surface area contributed by atoms with E-state index in [0.29, 0.717) is 0 Å². The molecule has 4 heteroatoms. The molecule has 414 valence electrons. The first-order chi connectivity index (χ1) is 43.0. The van der Waals surface area contributed by atoms with Crippen molar-refractivity contribution in [2.45, 2.75) is 52.6 Å². The molecule has 88 heavy (non-hydrogen) atoms. The van der Waals surface area contributed by atoms with Crippen molar-refractivity contribution in [3.8, 4) is 89.0 Å². The fourth-order valence-electron chi connectivity index (χ4n) is 16.8. The van der Waals surface area contributed by atoms with Gasteiger partial charge in [-0.3, -0.25) is 0 Å². The molecule has 0 atom stereocenters. The van der Waals surface area contributed by atoms with Gasteiger partial charge in [-0.05, 0) is 221 Å². The Labute approximate surface area is 516 Å². The van der Waals surface area contributed by atoms with Gasteiger partial charge in [0.15, 0.2) is 0 Å². The standard InChI is InChI=1S/C84H62B2N2/c1-83(2,3)87-71-43-21-19-41-67(71)85-69-49-65-64(76-57(53-31-15-9-16-32-53)37-24-38-58(76)54-33-17-10-18-34-54)48-62-60-40-26-46-74-82(60)86(68-42-20-22-44-72(68)88(74)84(4,5)6)70-50-66-63(47-61(59-39-25-45-73(87)81(59)85)77(69)79(66)80(65)78(62)70)75-55(51-27-11-7-12-28-51)35-23-36-56(75)52-29-13-8-14-30-52/h7-50H,1-6H3. The third-order valence-corrected chi connectivity index (χ3v) is 19.9. The molecule has 0 fully saturated rings. The normalized spacial score (nSPS) is 13.5. The lowest BCUT2D eigenvalue weighted by atomic mass is 9.31. The van der Waals surface area contributed by atoms with Crippen LogP contribution in [0.4, 0.5) is 22.7 Å². The molecule has 4 heterocycles. The first kappa shape index (κ1) is 51.1. The second kappa shape index (κ2) is 18.7. The van der Waals surface area contributed by atoms with Crippen LogP contribution in [-0.4, -0.2) is 24.5 Å². The lowest BCUT2D eigenvalue weighted by Crippen LogP contribution is -2.62. The number of rotatable bonds is 6. The van der Waals surface area contributed by atoms with Crippen molar-refractivity contribution in [1.82, 2.24) is 0 Å². The van der Waals surface area contributed by atoms with Crippen LogP contribution in [-0.2, 0) is 0 Å². The van der Waals surface area contributed by atoms with Crippen molar-refractivity contribution >= 4 is 101 Å². The first-order valence-corrected chi connectivity index (χ1v) is 31.4. The Hall–Kier alpha value is -10.2. The average molecular weight is 1120 g/mol. The lowest BCUT2D eigenvalue weighted by Gasteiger charge is -2.47. The summed E-state index contributed by atoms with van der Waals surface area (Å²) in [6.07, 6.45) is 0. The number of fused-ring (bicyclic) bond motifs is 8. The van der Waals surface area contributed by atoms with Gasteiger partial charge >= 0.3 is 0 Å². The summed E-state index contributed by atoms with van der Waals surface area (Å²) in [5.74, 6) is 0. The van der Waals surface area contributed by atoms with Gasteiger partial charge in [0.1, 0.15) is 0 Å². The highest BCUT2D eigenvalue weighted by atomic mass is 15.2. The van der Waals surface area contributed by atoms with Gasteiger partial charge in [0.2, 0.25) is 13.4 Å². The van der Waals surface area contributed by atoms with Gasteiger partial charge in [-0.2, -0.15) is 0 Å². The number of hydrogen-bond donors (Lipinski definition) is 0. The molecular formula is C84H62B2N2. The maximum Gasteiger partial charge on any atom is 0.248 e. The van der Waals surface area contributed by atoms with Gasteiger partial charge in [-0.1, -0.05) is 241 Å². The van der Waals surface area contributed by atoms with E-state index >= 15 is 0 Å². The Kier molecular flexibility index (Phi) is 10.8. The summed E-state index contributed by atoms with van der Waals surface area (Å²) >= 11 is 0. The molecule has 0 amide bonds. The molecule has 0 saturated carbocycles. The maximum absolute atomic E-state index is 2.71. The average Bonchev–Trinajstić information content (AvgIpc) is 0.674. The van der Waals surface area contributed by atoms with Crippen molar-refractivity contribution < 1.29 is 0 Å². The third kappa shape index (κ3) is 7.15. The minimum Gasteiger partial charge on any atom is -0.337 e. The zero-order valence-corrected chi connectivity index (χ0v) is 50.5. The molecule has 0 bridgehead atoms. The third-order valence-electron chi connectivity index (χ3n) is 19.9. The van der Waals surface area contributed by atoms with E-state index in [1.54, 1.807) is 0 Å². The summed E-state index contributed by atoms with van der Waals surface area (Å²) in [6, 6.07) is 102. The summed E-state index contributed by atoms with van der Waals surface area (Å²) in [5, 5.41) is 7.97. The van der Waals surface area contributed by atoms with E-state index in [1.807, 2.05) is 0 Å². The molecule has 0 saturated heterocycles. The number of anilines is 4. The van der Waals surface area contributed by atoms with Crippen molar-refractivity contribution in [3.05, 3.63) is 267 Å². The Morgan fingerprint density at radius 2 is 0.534 bits per heavy atom. The van der Waals surface area contributed by atoms with Crippen molar-refractivity contribution in [2.75, 3.05) is 9.80 Å². The molecule has 0 radical (unpaired) electrons. The summed E-state index contributed by atoms with van der Waals surface area (Å²) in [6.45, 7) is 14.1. The van der Waals surface area contributed by atoms with Gasteiger partial charge in [0, 0.05) is 33.8 Å². The number of para-hydroxylation sites is 2. The van der Waals surface area contributed by atoms with Gasteiger partial charge < -0.3 is 9.80 Å². The van der Waals surface area contributed by atoms with E-state index in [1.165, 1.54) is 177 Å². The van der Waals surface area contributed by atoms with Crippen LogP contribution >= 0.6 is 0 Å². The van der Waals surface area contributed by atoms with E-state index in [-0.39, 0.29) is 24.5 Å². The molecule has 14 aromatic rings. The van der Waals surface area contributed by atoms with Gasteiger partial charge in [0.25, 0.3) is 0 Å². The topological polar surface area (TPSA) is 6.48 Å². The number of nitrogens with zero attached hydrogens (tertiary/aromatic N) is 2. The fraction of sp³-hybridized carbons (Fsp3) is 0.0952. The SMILES string of the molecule is CC(C)(C)N1c2ccccc2B2c3c(cccc31)-c1cc(-c3c(-c4ccccc4)cccc3-c3ccccc3)c3cc4c5c(cc(-c6c(-c7ccccc7)cccc6-c6ccccc6)c6cc2c1c3c65)-c1cccc2c1B4c1ccccc1N2C(C)(C)C. The van der Waals surface area contributed by atoms with E-state index < -0.39 is 0 Å². The molecule has 0 N–H and O–H groups in total. The van der Waals surface area contributed by atoms with Crippen LogP contribution in [0, 0.1) is 0 Å². The molecule has 0 spiro atoms. The summed E-state index contributed by atoms with van der Waals surface area (Å²) in [5.41, 5.74) is 32.7. The fourth-order valence-corrected chi connectivity index (χ4v) is 16.8. The minimum absolute atomic E-state index is 0.0443. The summed E-state index contributed by atoms with van der Waals surface area (Å²) in [4.78, 5) is 5.26. The molecule has 14 aromatic carbocycles. The van der Waals surface area contributed by atoms with Gasteiger partial charge in [0.05, 0.1) is 0 Å². The first-order valence-electron chi connectivity index (χ1n) is 31.4. The predicted octanol–water partition coefficient (Wildman–Crippen LogP) is 18.1.